The summed E-state index contributed by atoms with van der Waals surface area (Å²) in [6.07, 6.45) is 56.4. The second-order valence-corrected chi connectivity index (χ2v) is 59.5. The van der Waals surface area contributed by atoms with Crippen LogP contribution in [0, 0.1) is 199 Å². The van der Waals surface area contributed by atoms with E-state index in [0.717, 1.165) is 165 Å². The number of methoxy groups -OCH3 is 4. The monoisotopic (exact) mass is 2070 g/mol. The smallest absolute Gasteiger partial charge is 0.181 e. The van der Waals surface area contributed by atoms with Crippen molar-refractivity contribution in [1.82, 2.24) is 0 Å². The molecule has 23 unspecified atom stereocenters. The number of hydrogen-bond acceptors (Lipinski definition) is 21. The molecular formula is C129H182O21. The van der Waals surface area contributed by atoms with Gasteiger partial charge in [0.2, 0.25) is 0 Å². The fourth-order valence-electron chi connectivity index (χ4n) is 48.9. The molecule has 150 heavy (non-hydrogen) atoms. The summed E-state index contributed by atoms with van der Waals surface area (Å²) in [6, 6.07) is 0. The van der Waals surface area contributed by atoms with Crippen LogP contribution in [0.5, 0.6) is 0 Å². The molecule has 5 heterocycles. The van der Waals surface area contributed by atoms with Crippen LogP contribution in [-0.4, -0.2) is 199 Å². The van der Waals surface area contributed by atoms with E-state index in [2.05, 4.69) is 107 Å². The van der Waals surface area contributed by atoms with Crippen molar-refractivity contribution < 1.29 is 101 Å². The molecule has 27 fully saturated rings. The van der Waals surface area contributed by atoms with E-state index in [-0.39, 0.29) is 89.8 Å². The van der Waals surface area contributed by atoms with Crippen LogP contribution < -0.4 is 0 Å². The highest BCUT2D eigenvalue weighted by Crippen LogP contribution is 2.88. The van der Waals surface area contributed by atoms with Gasteiger partial charge in [0.15, 0.2) is 40.5 Å². The quantitative estimate of drug-likeness (QED) is 0.248. The molecule has 21 nitrogen and oxygen atoms in total. The first-order chi connectivity index (χ1) is 71.5. The molecule has 824 valence electrons. The molecule has 2 N–H and O–H groups in total. The molecule has 0 amide bonds. The van der Waals surface area contributed by atoms with Crippen LogP contribution in [0.25, 0.3) is 0 Å². The first-order valence-corrected chi connectivity index (χ1v) is 61.3. The molecule has 9 spiro atoms. The fourth-order valence-corrected chi connectivity index (χ4v) is 48.9. The van der Waals surface area contributed by atoms with Crippen LogP contribution in [0.3, 0.4) is 0 Å². The number of carbonyl (C=O) groups excluding carboxylic acids is 5. The van der Waals surface area contributed by atoms with Gasteiger partial charge in [-0.05, 0) is 352 Å². The fraction of sp³-hybridized carbons (Fsp3) is 0.868. The summed E-state index contributed by atoms with van der Waals surface area (Å²) in [7, 11) is 7.70. The van der Waals surface area contributed by atoms with Crippen molar-refractivity contribution in [3.05, 3.63) is 69.9 Å². The Bertz CT molecular complexity index is 5750. The van der Waals surface area contributed by atoms with Crippen LogP contribution in [-0.2, 0) is 90.3 Å². The van der Waals surface area contributed by atoms with Crippen molar-refractivity contribution in [1.29, 1.82) is 0 Å². The van der Waals surface area contributed by atoms with E-state index in [1.54, 1.807) is 11.1 Å². The van der Waals surface area contributed by atoms with Crippen molar-refractivity contribution in [2.24, 2.45) is 199 Å². The normalized spacial score (nSPS) is 55.2. The Morgan fingerprint density at radius 3 is 1.39 bits per heavy atom. The van der Waals surface area contributed by atoms with Crippen molar-refractivity contribution in [2.75, 3.05) is 94.5 Å². The molecule has 0 radical (unpaired) electrons. The van der Waals surface area contributed by atoms with Gasteiger partial charge in [0.05, 0.1) is 114 Å². The number of hydrogen-bond donors (Lipinski definition) is 2. The first kappa shape index (κ1) is 103. The Kier molecular flexibility index (Phi) is 23.1. The molecule has 0 aromatic heterocycles. The predicted octanol–water partition coefficient (Wildman–Crippen LogP) is 22.2. The van der Waals surface area contributed by atoms with Gasteiger partial charge in [0.1, 0.15) is 17.3 Å². The number of rotatable bonds is 4. The summed E-state index contributed by atoms with van der Waals surface area (Å²) in [5.41, 5.74) is 9.87. The molecule has 41 atom stereocenters. The number of aliphatic hydroxyl groups excluding tert-OH is 2. The van der Waals surface area contributed by atoms with Gasteiger partial charge < -0.3 is 76.5 Å². The average Bonchev–Trinajstić information content (AvgIpc) is 1.49. The number of Topliss-reactive ketones (excluding diaryl/α,β-unsaturated/α-hetero) is 3. The standard InChI is InChI=1S/C22H32O4.C22H30O4.C22H34O4.C22H32O3.C22H30O3.C19H24O3/c2*1-19-6-4-13-12-21(13,19)18(24-3)10-14-15-5-7-22(25-8-9-26-22)20(15,2)17(23)11-16(14)19;1-19-6-4-13-11-21(13,19)17(24-3)10-14-15-5-7-22(25-8-9-26-22)20(15,2)12-16(23)18(14)19;1-19-7-4-14-13-21(14,19)18(23-3)12-15-16(19)5-8-20(2)17(15)6-9-22(20)24-10-11-25-22;1-14-6-8-20(2)15(12-14)4-5-16-17-7-9-22(24-10-11-25-22)21(17,3)13-18(23)19(16)20;1-18-8-7-12(20)9-11(18)3-4-13-14-5-6-16(22)19(14,2)10-15(21)17(13)18/h11,13-15,17-18,23H,4-10,12H2,1-3H3;11,13-15,18H,4-10,12H2,1-3H3;13-18,23H,4-12H2,1-3H3;5,14-15,17-18H,4,6-13H2,1-3H3;4,12,16-17,19H,5-11,13H2,1-3H3;9,13-14,17H,3-8,10H2,1-2H3/t13?,14?,15?,17-,18+,19+,20+,21?;13?,14?,15?,18-,19-,20-,21?;13?,14?,15?,16-,17+,18?,19+,20-,21?;14?,15?,17?,18-,19-,20+,21?;16?,17?,19?,20-,21-;13?,14?,17?,18-,19-/m010100/s1. The van der Waals surface area contributed by atoms with Gasteiger partial charge in [-0.2, -0.15) is 0 Å². The molecule has 28 aliphatic carbocycles. The predicted molar refractivity (Wildman–Crippen MR) is 561 cm³/mol. The van der Waals surface area contributed by atoms with E-state index in [9.17, 15) is 34.2 Å². The van der Waals surface area contributed by atoms with Crippen molar-refractivity contribution >= 4 is 28.9 Å². The van der Waals surface area contributed by atoms with E-state index >= 15 is 0 Å². The minimum atomic E-state index is -0.687. The molecule has 0 bridgehead atoms. The lowest BCUT2D eigenvalue weighted by molar-refractivity contribution is -0.270. The second-order valence-electron chi connectivity index (χ2n) is 59.5. The zero-order chi connectivity index (χ0) is 104. The third-order valence-electron chi connectivity index (χ3n) is 56.4. The van der Waals surface area contributed by atoms with Crippen molar-refractivity contribution in [3.63, 3.8) is 0 Å². The molecule has 33 rings (SSSR count). The molecular weight excluding hydrogens is 1890 g/mol. The van der Waals surface area contributed by atoms with E-state index in [4.69, 9.17) is 66.3 Å². The zero-order valence-corrected chi connectivity index (χ0v) is 94.2. The number of ketones is 5. The minimum absolute atomic E-state index is 0.0320. The summed E-state index contributed by atoms with van der Waals surface area (Å²) in [6.45, 7) is 37.0. The molecule has 22 saturated carbocycles. The minimum Gasteiger partial charge on any atom is -0.393 e. The van der Waals surface area contributed by atoms with Gasteiger partial charge in [-0.3, -0.25) is 24.0 Å². The third-order valence-corrected chi connectivity index (χ3v) is 56.4. The van der Waals surface area contributed by atoms with Crippen LogP contribution in [0.4, 0.5) is 0 Å². The van der Waals surface area contributed by atoms with Gasteiger partial charge in [-0.25, -0.2) is 0 Å². The second kappa shape index (κ2) is 33.7. The molecule has 33 aliphatic rings. The summed E-state index contributed by atoms with van der Waals surface area (Å²) in [5, 5.41) is 22.9. The Morgan fingerprint density at radius 1 is 0.353 bits per heavy atom. The highest BCUT2D eigenvalue weighted by atomic mass is 16.8. The van der Waals surface area contributed by atoms with Gasteiger partial charge in [-0.15, -0.1) is 0 Å². The lowest BCUT2D eigenvalue weighted by atomic mass is 9.45. The van der Waals surface area contributed by atoms with E-state index in [1.165, 1.54) is 119 Å². The maximum Gasteiger partial charge on any atom is 0.181 e. The summed E-state index contributed by atoms with van der Waals surface area (Å²) in [5.74, 6) is 8.90. The largest absolute Gasteiger partial charge is 0.393 e. The lowest BCUT2D eigenvalue weighted by Crippen LogP contribution is -2.63. The van der Waals surface area contributed by atoms with Crippen LogP contribution in [0.1, 0.15) is 340 Å². The summed E-state index contributed by atoms with van der Waals surface area (Å²) < 4.78 is 86.4. The Balaban J connectivity index is 0.0000000865. The van der Waals surface area contributed by atoms with Gasteiger partial charge in [-0.1, -0.05) is 128 Å². The molecule has 0 aromatic rings. The number of carbonyl (C=O) groups is 5. The van der Waals surface area contributed by atoms with Crippen LogP contribution in [0.2, 0.25) is 0 Å². The number of allylic oxidation sites excluding steroid dienone is 10. The van der Waals surface area contributed by atoms with E-state index in [1.807, 2.05) is 47.5 Å². The molecule has 21 heteroatoms. The molecule has 5 aliphatic heterocycles. The number of fused-ring (bicyclic) bond motifs is 31. The molecule has 5 saturated heterocycles. The topological polar surface area (TPSA) is 255 Å². The zero-order valence-electron chi connectivity index (χ0n) is 94.2. The van der Waals surface area contributed by atoms with E-state index < -0.39 is 40.1 Å². The van der Waals surface area contributed by atoms with Gasteiger partial charge >= 0.3 is 0 Å². The lowest BCUT2D eigenvalue weighted by Gasteiger charge is -2.62. The Morgan fingerprint density at radius 2 is 0.813 bits per heavy atom. The van der Waals surface area contributed by atoms with Gasteiger partial charge in [0, 0.05) is 147 Å². The van der Waals surface area contributed by atoms with Gasteiger partial charge in [0.25, 0.3) is 0 Å². The Labute approximate surface area is 893 Å². The average molecular weight is 2070 g/mol. The number of ether oxygens (including phenoxy) is 14. The maximum absolute atomic E-state index is 13.5. The summed E-state index contributed by atoms with van der Waals surface area (Å²) >= 11 is 0. The Hall–Kier alpha value is -3.85. The summed E-state index contributed by atoms with van der Waals surface area (Å²) in [4.78, 5) is 64.2. The highest BCUT2D eigenvalue weighted by Gasteiger charge is 2.85. The van der Waals surface area contributed by atoms with E-state index in [0.29, 0.717) is 219 Å². The third kappa shape index (κ3) is 12.5. The van der Waals surface area contributed by atoms with Crippen LogP contribution in [0.15, 0.2) is 69.9 Å². The first-order valence-electron chi connectivity index (χ1n) is 61.3. The van der Waals surface area contributed by atoms with Crippen LogP contribution >= 0.6 is 0 Å². The van der Waals surface area contributed by atoms with Crippen molar-refractivity contribution in [3.8, 4) is 0 Å². The molecule has 0 aromatic carbocycles. The highest BCUT2D eigenvalue weighted by molar-refractivity contribution is 5.99. The number of aliphatic hydroxyl groups is 2. The maximum atomic E-state index is 13.5. The SMILES string of the molecule is CC1=CC2=CCC3C(C(=O)C[C@@]4(C)C3CCC43OCCO3)[C@@]2(C)CC1.CO[C@@H]1CC2C(=CC(=O)[C@@]3(C)C2CCC32OCCO2)[C@@]2(C)CCC3CC312.CO[C@@H]1CC2C(=CC[C@@]3(C)C2CCC32OCCO2)[C@@]2(C)CCC3CC312.CO[C@@H]1CC2C(=C[C@H](O)[C@@]3(C)C2CCC32OCCO2)[C@@]2(C)CCC3CC312.CO[C@@H]1CC2C3CCC4(OCCO4)[C@@]3(C)C[C@H](O)C2[C@@]2(C)CCC3CC312.C[C@]12CCC(=O)C=C1CCC1C2C(=O)C[C@]2(C)C(=O)CCC12. The van der Waals surface area contributed by atoms with Crippen molar-refractivity contribution in [2.45, 2.75) is 406 Å².